The molecule has 0 aliphatic heterocycles. The summed E-state index contributed by atoms with van der Waals surface area (Å²) in [5.41, 5.74) is 0.965. The van der Waals surface area contributed by atoms with Gasteiger partial charge in [-0.2, -0.15) is 5.10 Å². The zero-order valence-corrected chi connectivity index (χ0v) is 13.6. The second-order valence-corrected chi connectivity index (χ2v) is 6.21. The highest BCUT2D eigenvalue weighted by atomic mass is 15.3. The van der Waals surface area contributed by atoms with E-state index in [2.05, 4.69) is 59.0 Å². The van der Waals surface area contributed by atoms with Crippen LogP contribution in [-0.4, -0.2) is 48.8 Å². The zero-order chi connectivity index (χ0) is 15.2. The van der Waals surface area contributed by atoms with Crippen molar-refractivity contribution in [2.75, 3.05) is 32.6 Å². The molecule has 0 aromatic carbocycles. The van der Waals surface area contributed by atoms with Gasteiger partial charge in [0.15, 0.2) is 5.82 Å². The van der Waals surface area contributed by atoms with Crippen molar-refractivity contribution in [2.24, 2.45) is 5.92 Å². The zero-order valence-electron chi connectivity index (χ0n) is 13.6. The Hall–Kier alpha value is -1.60. The van der Waals surface area contributed by atoms with Gasteiger partial charge in [-0.25, -0.2) is 0 Å². The highest BCUT2D eigenvalue weighted by Gasteiger charge is 2.23. The topological polar surface area (TPSA) is 32.3 Å². The average molecular weight is 286 g/mol. The molecule has 1 saturated carbocycles. The molecule has 114 valence electrons. The van der Waals surface area contributed by atoms with Gasteiger partial charge in [-0.05, 0) is 58.8 Å². The number of anilines is 1. The quantitative estimate of drug-likeness (QED) is 0.798. The molecular formula is C17H26N4. The van der Waals surface area contributed by atoms with Gasteiger partial charge in [0.25, 0.3) is 0 Å². The van der Waals surface area contributed by atoms with Gasteiger partial charge in [-0.1, -0.05) is 11.8 Å². The minimum absolute atomic E-state index is 0.564. The van der Waals surface area contributed by atoms with Crippen molar-refractivity contribution in [3.63, 3.8) is 0 Å². The molecule has 1 aromatic heterocycles. The Morgan fingerprint density at radius 1 is 1.10 bits per heavy atom. The van der Waals surface area contributed by atoms with Gasteiger partial charge < -0.3 is 4.90 Å². The summed E-state index contributed by atoms with van der Waals surface area (Å²) in [6.07, 6.45) is 4.75. The van der Waals surface area contributed by atoms with Crippen molar-refractivity contribution in [1.29, 1.82) is 0 Å². The standard InChI is InChI=1S/C17H26N4/c1-14-7-12-17(19-18-14)21(4)16-10-8-15(9-11-16)6-5-13-20(2)3/h7,12,15-16H,8-11,13H2,1-4H3. The Kier molecular flexibility index (Phi) is 5.58. The predicted molar refractivity (Wildman–Crippen MR) is 87.2 cm³/mol. The molecule has 1 aliphatic rings. The lowest BCUT2D eigenvalue weighted by Gasteiger charge is -2.33. The first-order chi connectivity index (χ1) is 10.1. The second kappa shape index (κ2) is 7.42. The van der Waals surface area contributed by atoms with Gasteiger partial charge in [-0.3, -0.25) is 4.90 Å². The fourth-order valence-corrected chi connectivity index (χ4v) is 2.72. The summed E-state index contributed by atoms with van der Waals surface area (Å²) < 4.78 is 0. The number of aryl methyl sites for hydroxylation is 1. The lowest BCUT2D eigenvalue weighted by molar-refractivity contribution is 0.372. The van der Waals surface area contributed by atoms with Gasteiger partial charge in [0.1, 0.15) is 0 Å². The predicted octanol–water partition coefficient (Wildman–Crippen LogP) is 2.35. The average Bonchev–Trinajstić information content (AvgIpc) is 2.48. The Balaban J connectivity index is 1.85. The molecule has 0 radical (unpaired) electrons. The maximum absolute atomic E-state index is 4.28. The van der Waals surface area contributed by atoms with Gasteiger partial charge in [0, 0.05) is 19.0 Å². The molecule has 1 aliphatic carbocycles. The number of nitrogens with zero attached hydrogens (tertiary/aromatic N) is 4. The summed E-state index contributed by atoms with van der Waals surface area (Å²) in [6, 6.07) is 4.65. The molecule has 1 fully saturated rings. The van der Waals surface area contributed by atoms with Crippen LogP contribution in [-0.2, 0) is 0 Å². The van der Waals surface area contributed by atoms with E-state index in [0.717, 1.165) is 18.1 Å². The third-order valence-electron chi connectivity index (χ3n) is 4.09. The normalized spacial score (nSPS) is 21.8. The van der Waals surface area contributed by atoms with Crippen LogP contribution in [0.1, 0.15) is 31.4 Å². The third-order valence-corrected chi connectivity index (χ3v) is 4.09. The SMILES string of the molecule is Cc1ccc(N(C)C2CCC(C#CCN(C)C)CC2)nn1. The molecular weight excluding hydrogens is 260 g/mol. The monoisotopic (exact) mass is 286 g/mol. The smallest absolute Gasteiger partial charge is 0.151 e. The van der Waals surface area contributed by atoms with Crippen LogP contribution in [0.5, 0.6) is 0 Å². The summed E-state index contributed by atoms with van der Waals surface area (Å²) >= 11 is 0. The van der Waals surface area contributed by atoms with E-state index in [-0.39, 0.29) is 0 Å². The molecule has 1 aromatic rings. The molecule has 0 saturated heterocycles. The number of hydrogen-bond acceptors (Lipinski definition) is 4. The van der Waals surface area contributed by atoms with Crippen molar-refractivity contribution < 1.29 is 0 Å². The molecule has 0 amide bonds. The first-order valence-electron chi connectivity index (χ1n) is 7.72. The van der Waals surface area contributed by atoms with Gasteiger partial charge in [0.2, 0.25) is 0 Å². The Morgan fingerprint density at radius 2 is 1.81 bits per heavy atom. The van der Waals surface area contributed by atoms with Crippen LogP contribution < -0.4 is 4.90 Å². The largest absolute Gasteiger partial charge is 0.355 e. The van der Waals surface area contributed by atoms with E-state index in [1.807, 2.05) is 13.0 Å². The molecule has 2 rings (SSSR count). The first kappa shape index (κ1) is 15.8. The fraction of sp³-hybridized carbons (Fsp3) is 0.647. The van der Waals surface area contributed by atoms with Crippen molar-refractivity contribution >= 4 is 5.82 Å². The lowest BCUT2D eigenvalue weighted by Crippen LogP contribution is -2.35. The molecule has 21 heavy (non-hydrogen) atoms. The number of rotatable bonds is 3. The van der Waals surface area contributed by atoms with E-state index in [1.165, 1.54) is 25.7 Å². The highest BCUT2D eigenvalue weighted by Crippen LogP contribution is 2.28. The van der Waals surface area contributed by atoms with Gasteiger partial charge >= 0.3 is 0 Å². The van der Waals surface area contributed by atoms with Gasteiger partial charge in [-0.15, -0.1) is 5.10 Å². The minimum Gasteiger partial charge on any atom is -0.355 e. The van der Waals surface area contributed by atoms with E-state index >= 15 is 0 Å². The van der Waals surface area contributed by atoms with Crippen molar-refractivity contribution in [2.45, 2.75) is 38.6 Å². The molecule has 0 spiro atoms. The molecule has 0 unspecified atom stereocenters. The van der Waals surface area contributed by atoms with Crippen LogP contribution in [0.2, 0.25) is 0 Å². The molecule has 4 heteroatoms. The van der Waals surface area contributed by atoms with Crippen molar-refractivity contribution in [3.8, 4) is 11.8 Å². The summed E-state index contributed by atoms with van der Waals surface area (Å²) in [7, 11) is 6.24. The summed E-state index contributed by atoms with van der Waals surface area (Å²) in [5.74, 6) is 8.24. The van der Waals surface area contributed by atoms with E-state index in [4.69, 9.17) is 0 Å². The Morgan fingerprint density at radius 3 is 2.38 bits per heavy atom. The molecule has 0 bridgehead atoms. The van der Waals surface area contributed by atoms with Crippen LogP contribution in [0, 0.1) is 24.7 Å². The van der Waals surface area contributed by atoms with Crippen LogP contribution in [0.15, 0.2) is 12.1 Å². The molecule has 0 atom stereocenters. The van der Waals surface area contributed by atoms with E-state index in [1.54, 1.807) is 0 Å². The molecule has 0 N–H and O–H groups in total. The van der Waals surface area contributed by atoms with E-state index in [9.17, 15) is 0 Å². The molecule has 1 heterocycles. The van der Waals surface area contributed by atoms with Crippen LogP contribution in [0.4, 0.5) is 5.82 Å². The van der Waals surface area contributed by atoms with Crippen LogP contribution in [0.3, 0.4) is 0 Å². The highest BCUT2D eigenvalue weighted by molar-refractivity contribution is 5.37. The third kappa shape index (κ3) is 4.71. The maximum Gasteiger partial charge on any atom is 0.151 e. The van der Waals surface area contributed by atoms with Crippen molar-refractivity contribution in [1.82, 2.24) is 15.1 Å². The Bertz CT molecular complexity index is 490. The molecule has 4 nitrogen and oxygen atoms in total. The maximum atomic E-state index is 4.28. The Labute approximate surface area is 128 Å². The fourth-order valence-electron chi connectivity index (χ4n) is 2.72. The first-order valence-corrected chi connectivity index (χ1v) is 7.72. The summed E-state index contributed by atoms with van der Waals surface area (Å²) in [4.78, 5) is 4.39. The van der Waals surface area contributed by atoms with E-state index < -0.39 is 0 Å². The number of aromatic nitrogens is 2. The van der Waals surface area contributed by atoms with Gasteiger partial charge in [0.05, 0.1) is 12.2 Å². The minimum atomic E-state index is 0.564. The summed E-state index contributed by atoms with van der Waals surface area (Å²) in [5, 5.41) is 8.43. The lowest BCUT2D eigenvalue weighted by atomic mass is 9.86. The summed E-state index contributed by atoms with van der Waals surface area (Å²) in [6.45, 7) is 2.83. The van der Waals surface area contributed by atoms with Crippen molar-refractivity contribution in [3.05, 3.63) is 17.8 Å². The second-order valence-electron chi connectivity index (χ2n) is 6.21. The van der Waals surface area contributed by atoms with Crippen LogP contribution >= 0.6 is 0 Å². The van der Waals surface area contributed by atoms with Crippen LogP contribution in [0.25, 0.3) is 0 Å². The van der Waals surface area contributed by atoms with E-state index in [0.29, 0.717) is 12.0 Å². The number of hydrogen-bond donors (Lipinski definition) is 0.